The van der Waals surface area contributed by atoms with Crippen LogP contribution in [-0.4, -0.2) is 18.1 Å². The number of aromatic nitrogens is 1. The van der Waals surface area contributed by atoms with Gasteiger partial charge in [0.25, 0.3) is 0 Å². The molecule has 1 atom stereocenters. The van der Waals surface area contributed by atoms with E-state index in [-0.39, 0.29) is 23.5 Å². The molecule has 0 saturated carbocycles. The molecule has 0 bridgehead atoms. The van der Waals surface area contributed by atoms with Gasteiger partial charge in [-0.2, -0.15) is 0 Å². The van der Waals surface area contributed by atoms with E-state index in [4.69, 9.17) is 0 Å². The maximum absolute atomic E-state index is 12.5. The molecule has 0 saturated heterocycles. The van der Waals surface area contributed by atoms with Crippen molar-refractivity contribution in [1.82, 2.24) is 9.29 Å². The Morgan fingerprint density at radius 3 is 2.62 bits per heavy atom. The largest absolute Gasteiger partial charge is 0.390 e. The van der Waals surface area contributed by atoms with Crippen molar-refractivity contribution in [2.75, 3.05) is 0 Å². The Morgan fingerprint density at radius 1 is 1.43 bits per heavy atom. The molecule has 0 fully saturated rings. The van der Waals surface area contributed by atoms with Crippen LogP contribution in [0.1, 0.15) is 30.5 Å². The molecule has 2 aromatic rings. The summed E-state index contributed by atoms with van der Waals surface area (Å²) in [5.41, 5.74) is 0.563. The molecule has 2 aromatic heterocycles. The first-order chi connectivity index (χ1) is 9.85. The van der Waals surface area contributed by atoms with Crippen LogP contribution in [0.4, 0.5) is 0 Å². The Kier molecular flexibility index (Phi) is 4.88. The van der Waals surface area contributed by atoms with Gasteiger partial charge in [-0.15, -0.1) is 11.3 Å². The molecule has 2 N–H and O–H groups in total. The van der Waals surface area contributed by atoms with Gasteiger partial charge in [0.05, 0.1) is 17.5 Å². The Balaban J connectivity index is 2.30. The van der Waals surface area contributed by atoms with Crippen LogP contribution in [0.2, 0.25) is 0 Å². The zero-order chi connectivity index (χ0) is 15.6. The van der Waals surface area contributed by atoms with Crippen molar-refractivity contribution in [1.29, 1.82) is 0 Å². The lowest BCUT2D eigenvalue weighted by Crippen LogP contribution is -2.31. The molecule has 0 aliphatic rings. The second-order valence-electron chi connectivity index (χ2n) is 5.29. The van der Waals surface area contributed by atoms with Gasteiger partial charge in [-0.25, -0.2) is 13.1 Å². The van der Waals surface area contributed by atoms with E-state index in [9.17, 15) is 13.5 Å². The molecule has 21 heavy (non-hydrogen) atoms. The molecular formula is C14H20N2O3S2. The number of sulfonamides is 1. The SMILES string of the molecule is CC(C)C(NS(=O)(=O)c1cc(CO)n(C)c1)c1cccs1. The number of aliphatic hydroxyl groups is 1. The summed E-state index contributed by atoms with van der Waals surface area (Å²) in [6.45, 7) is 3.78. The van der Waals surface area contributed by atoms with E-state index in [2.05, 4.69) is 4.72 Å². The minimum atomic E-state index is -3.62. The van der Waals surface area contributed by atoms with Crippen LogP contribution in [0.25, 0.3) is 0 Å². The Morgan fingerprint density at radius 2 is 2.14 bits per heavy atom. The van der Waals surface area contributed by atoms with Gasteiger partial charge >= 0.3 is 0 Å². The lowest BCUT2D eigenvalue weighted by molar-refractivity contribution is 0.272. The Hall–Kier alpha value is -1.15. The van der Waals surface area contributed by atoms with Crippen molar-refractivity contribution in [2.45, 2.75) is 31.4 Å². The maximum atomic E-state index is 12.5. The van der Waals surface area contributed by atoms with Gasteiger partial charge in [0.1, 0.15) is 0 Å². The van der Waals surface area contributed by atoms with Crippen LogP contribution < -0.4 is 4.72 Å². The fraction of sp³-hybridized carbons (Fsp3) is 0.429. The molecule has 5 nitrogen and oxygen atoms in total. The average Bonchev–Trinajstić information content (AvgIpc) is 3.04. The van der Waals surface area contributed by atoms with E-state index in [1.165, 1.54) is 23.6 Å². The molecule has 1 unspecified atom stereocenters. The van der Waals surface area contributed by atoms with Crippen LogP contribution >= 0.6 is 11.3 Å². The third-order valence-electron chi connectivity index (χ3n) is 3.35. The average molecular weight is 328 g/mol. The fourth-order valence-electron chi connectivity index (χ4n) is 2.11. The minimum Gasteiger partial charge on any atom is -0.390 e. The molecule has 0 spiro atoms. The molecule has 0 aromatic carbocycles. The molecule has 7 heteroatoms. The summed E-state index contributed by atoms with van der Waals surface area (Å²) in [6.07, 6.45) is 1.51. The molecule has 116 valence electrons. The van der Waals surface area contributed by atoms with Gasteiger partial charge in [-0.3, -0.25) is 0 Å². The third kappa shape index (κ3) is 3.55. The zero-order valence-electron chi connectivity index (χ0n) is 12.3. The molecule has 0 aliphatic carbocycles. The van der Waals surface area contributed by atoms with Gasteiger partial charge in [-0.05, 0) is 23.4 Å². The number of nitrogens with one attached hydrogen (secondary N) is 1. The monoisotopic (exact) mass is 328 g/mol. The predicted octanol–water partition coefficient (Wildman–Crippen LogP) is 2.25. The highest BCUT2D eigenvalue weighted by Crippen LogP contribution is 2.28. The van der Waals surface area contributed by atoms with Crippen molar-refractivity contribution in [3.05, 3.63) is 40.3 Å². The number of thiophene rings is 1. The summed E-state index contributed by atoms with van der Waals surface area (Å²) in [6, 6.07) is 5.08. The first kappa shape index (κ1) is 16.2. The van der Waals surface area contributed by atoms with Crippen LogP contribution in [0.15, 0.2) is 34.7 Å². The van der Waals surface area contributed by atoms with Gasteiger partial charge in [0, 0.05) is 23.8 Å². The number of hydrogen-bond acceptors (Lipinski definition) is 4. The van der Waals surface area contributed by atoms with E-state index >= 15 is 0 Å². The topological polar surface area (TPSA) is 71.3 Å². The fourth-order valence-corrected chi connectivity index (χ4v) is 4.59. The molecule has 0 amide bonds. The minimum absolute atomic E-state index is 0.138. The molecule has 0 radical (unpaired) electrons. The Labute approximate surface area is 129 Å². The highest BCUT2D eigenvalue weighted by Gasteiger charge is 2.25. The normalized spacial score (nSPS) is 13.8. The zero-order valence-corrected chi connectivity index (χ0v) is 13.9. The molecule has 2 heterocycles. The van der Waals surface area contributed by atoms with Crippen LogP contribution in [0.5, 0.6) is 0 Å². The van der Waals surface area contributed by atoms with Crippen LogP contribution in [-0.2, 0) is 23.7 Å². The van der Waals surface area contributed by atoms with Crippen LogP contribution in [0, 0.1) is 5.92 Å². The number of rotatable bonds is 6. The second kappa shape index (κ2) is 6.31. The summed E-state index contributed by atoms with van der Waals surface area (Å²) in [5.74, 6) is 0.138. The van der Waals surface area contributed by atoms with Gasteiger partial charge in [0.2, 0.25) is 10.0 Å². The lowest BCUT2D eigenvalue weighted by Gasteiger charge is -2.20. The lowest BCUT2D eigenvalue weighted by atomic mass is 10.0. The van der Waals surface area contributed by atoms with Gasteiger partial charge < -0.3 is 9.67 Å². The summed E-state index contributed by atoms with van der Waals surface area (Å²) in [5, 5.41) is 11.1. The summed E-state index contributed by atoms with van der Waals surface area (Å²) >= 11 is 1.54. The van der Waals surface area contributed by atoms with Crippen molar-refractivity contribution in [2.24, 2.45) is 13.0 Å². The van der Waals surface area contributed by atoms with E-state index < -0.39 is 10.0 Å². The smallest absolute Gasteiger partial charge is 0.242 e. The third-order valence-corrected chi connectivity index (χ3v) is 5.72. The van der Waals surface area contributed by atoms with Gasteiger partial charge in [0.15, 0.2) is 0 Å². The van der Waals surface area contributed by atoms with E-state index in [1.54, 1.807) is 11.6 Å². The second-order valence-corrected chi connectivity index (χ2v) is 7.99. The van der Waals surface area contributed by atoms with Crippen molar-refractivity contribution in [3.63, 3.8) is 0 Å². The molecule has 2 rings (SSSR count). The van der Waals surface area contributed by atoms with E-state index in [0.29, 0.717) is 5.69 Å². The Bertz CT molecular complexity index is 688. The number of aliphatic hydroxyl groups excluding tert-OH is 1. The van der Waals surface area contributed by atoms with E-state index in [1.807, 2.05) is 31.4 Å². The highest BCUT2D eigenvalue weighted by molar-refractivity contribution is 7.89. The van der Waals surface area contributed by atoms with Crippen molar-refractivity contribution >= 4 is 21.4 Å². The standard InChI is InChI=1S/C14H20N2O3S2/c1-10(2)14(13-5-4-6-20-13)15-21(18,19)12-7-11(9-17)16(3)8-12/h4-8,10,14-15,17H,9H2,1-3H3. The van der Waals surface area contributed by atoms with E-state index in [0.717, 1.165) is 4.88 Å². The summed E-state index contributed by atoms with van der Waals surface area (Å²) in [7, 11) is -1.91. The first-order valence-electron chi connectivity index (χ1n) is 6.67. The number of aryl methyl sites for hydroxylation is 1. The van der Waals surface area contributed by atoms with Crippen molar-refractivity contribution in [3.8, 4) is 0 Å². The molecular weight excluding hydrogens is 308 g/mol. The summed E-state index contributed by atoms with van der Waals surface area (Å²) < 4.78 is 29.4. The predicted molar refractivity (Wildman–Crippen MR) is 83.6 cm³/mol. The number of hydrogen-bond donors (Lipinski definition) is 2. The highest BCUT2D eigenvalue weighted by atomic mass is 32.2. The first-order valence-corrected chi connectivity index (χ1v) is 9.03. The van der Waals surface area contributed by atoms with Crippen LogP contribution in [0.3, 0.4) is 0 Å². The van der Waals surface area contributed by atoms with Gasteiger partial charge in [-0.1, -0.05) is 19.9 Å². The van der Waals surface area contributed by atoms with Crippen molar-refractivity contribution < 1.29 is 13.5 Å². The quantitative estimate of drug-likeness (QED) is 0.854. The maximum Gasteiger partial charge on any atom is 0.242 e. The summed E-state index contributed by atoms with van der Waals surface area (Å²) in [4.78, 5) is 1.17. The molecule has 0 aliphatic heterocycles. The number of nitrogens with zero attached hydrogens (tertiary/aromatic N) is 1.